The lowest BCUT2D eigenvalue weighted by molar-refractivity contribution is -0.137. The van der Waals surface area contributed by atoms with Gasteiger partial charge in [-0.3, -0.25) is 4.79 Å². The van der Waals surface area contributed by atoms with E-state index in [1.807, 2.05) is 0 Å². The van der Waals surface area contributed by atoms with Gasteiger partial charge in [0.05, 0.1) is 22.9 Å². The van der Waals surface area contributed by atoms with Crippen LogP contribution in [0.15, 0.2) is 29.8 Å². The molecule has 3 aromatic rings. The molecular formula is C18H18F4N8O3S2. The van der Waals surface area contributed by atoms with Crippen molar-refractivity contribution in [1.82, 2.24) is 28.2 Å². The maximum absolute atomic E-state index is 14.9. The van der Waals surface area contributed by atoms with E-state index in [2.05, 4.69) is 24.6 Å². The SMILES string of the molecule is Cn1cnc(S(=O)(=O)N2CC[C@H](Nc3ncc(C(F)(F)F)c(-c4cc(C(N)=O)ns4)n3)[C@H](F)C2)c1. The summed E-state index contributed by atoms with van der Waals surface area (Å²) in [6.07, 6.45) is -3.36. The Hall–Kier alpha value is -3.18. The lowest BCUT2D eigenvalue weighted by Gasteiger charge is -2.33. The van der Waals surface area contributed by atoms with Gasteiger partial charge in [-0.2, -0.15) is 21.9 Å². The number of piperidine rings is 1. The van der Waals surface area contributed by atoms with Crippen molar-refractivity contribution in [2.75, 3.05) is 18.4 Å². The number of nitrogens with two attached hydrogens (primary N) is 1. The van der Waals surface area contributed by atoms with Crippen LogP contribution in [-0.4, -0.2) is 67.8 Å². The predicted molar refractivity (Wildman–Crippen MR) is 116 cm³/mol. The van der Waals surface area contributed by atoms with E-state index in [0.717, 1.165) is 10.4 Å². The molecule has 17 heteroatoms. The van der Waals surface area contributed by atoms with Crippen molar-refractivity contribution in [2.24, 2.45) is 12.8 Å². The summed E-state index contributed by atoms with van der Waals surface area (Å²) in [6.45, 7) is -0.539. The van der Waals surface area contributed by atoms with Crippen LogP contribution in [-0.2, 0) is 23.2 Å². The van der Waals surface area contributed by atoms with Crippen LogP contribution < -0.4 is 11.1 Å². The summed E-state index contributed by atoms with van der Waals surface area (Å²) in [5, 5.41) is 2.44. The van der Waals surface area contributed by atoms with Crippen LogP contribution in [0.5, 0.6) is 0 Å². The zero-order valence-corrected chi connectivity index (χ0v) is 19.5. The van der Waals surface area contributed by atoms with Crippen LogP contribution in [0.25, 0.3) is 10.6 Å². The third-order valence-corrected chi connectivity index (χ3v) is 7.74. The highest BCUT2D eigenvalue weighted by Gasteiger charge is 2.39. The summed E-state index contributed by atoms with van der Waals surface area (Å²) in [4.78, 5) is 22.6. The molecule has 4 heterocycles. The number of nitrogens with zero attached hydrogens (tertiary/aromatic N) is 6. The molecule has 1 amide bonds. The lowest BCUT2D eigenvalue weighted by atomic mass is 10.1. The minimum atomic E-state index is -4.81. The first-order valence-corrected chi connectivity index (χ1v) is 12.2. The minimum absolute atomic E-state index is 0.000668. The normalized spacial score (nSPS) is 19.6. The fourth-order valence-electron chi connectivity index (χ4n) is 3.43. The number of carbonyl (C=O) groups excluding carboxylic acids is 1. The molecule has 0 aromatic carbocycles. The van der Waals surface area contributed by atoms with Crippen LogP contribution in [0.2, 0.25) is 0 Å². The van der Waals surface area contributed by atoms with Gasteiger partial charge >= 0.3 is 6.18 Å². The number of alkyl halides is 4. The van der Waals surface area contributed by atoms with Crippen molar-refractivity contribution in [2.45, 2.75) is 29.8 Å². The molecule has 35 heavy (non-hydrogen) atoms. The van der Waals surface area contributed by atoms with Crippen molar-refractivity contribution >= 4 is 33.4 Å². The van der Waals surface area contributed by atoms with Gasteiger partial charge in [0.25, 0.3) is 15.9 Å². The van der Waals surface area contributed by atoms with E-state index < -0.39 is 52.1 Å². The molecule has 3 aromatic heterocycles. The zero-order chi connectivity index (χ0) is 25.5. The molecule has 0 spiro atoms. The van der Waals surface area contributed by atoms with E-state index in [4.69, 9.17) is 5.73 Å². The molecule has 1 aliphatic rings. The molecule has 0 bridgehead atoms. The Morgan fingerprint density at radius 2 is 2.06 bits per heavy atom. The number of sulfonamides is 1. The summed E-state index contributed by atoms with van der Waals surface area (Å²) in [6, 6.07) is 0.116. The first-order valence-electron chi connectivity index (χ1n) is 9.96. The fraction of sp³-hybridized carbons (Fsp3) is 0.389. The molecule has 1 saturated heterocycles. The summed E-state index contributed by atoms with van der Waals surface area (Å²) in [5.41, 5.74) is 3.18. The number of carbonyl (C=O) groups is 1. The number of aromatic nitrogens is 5. The fourth-order valence-corrected chi connectivity index (χ4v) is 5.60. The zero-order valence-electron chi connectivity index (χ0n) is 17.9. The molecule has 0 radical (unpaired) electrons. The average molecular weight is 535 g/mol. The van der Waals surface area contributed by atoms with E-state index in [0.29, 0.717) is 17.7 Å². The first-order chi connectivity index (χ1) is 16.4. The second-order valence-electron chi connectivity index (χ2n) is 7.69. The highest BCUT2D eigenvalue weighted by Crippen LogP contribution is 2.37. The second kappa shape index (κ2) is 9.12. The maximum Gasteiger partial charge on any atom is 0.420 e. The Morgan fingerprint density at radius 3 is 2.63 bits per heavy atom. The smallest absolute Gasteiger partial charge is 0.364 e. The number of hydrogen-bond donors (Lipinski definition) is 2. The number of anilines is 1. The van der Waals surface area contributed by atoms with Crippen molar-refractivity contribution in [3.05, 3.63) is 36.0 Å². The van der Waals surface area contributed by atoms with Gasteiger partial charge in [-0.25, -0.2) is 27.8 Å². The Balaban J connectivity index is 1.55. The van der Waals surface area contributed by atoms with Crippen molar-refractivity contribution < 1.29 is 30.8 Å². The molecule has 1 fully saturated rings. The van der Waals surface area contributed by atoms with Crippen molar-refractivity contribution in [1.29, 1.82) is 0 Å². The second-order valence-corrected chi connectivity index (χ2v) is 10.4. The highest BCUT2D eigenvalue weighted by atomic mass is 32.2. The Kier molecular flexibility index (Phi) is 6.50. The Bertz CT molecular complexity index is 1360. The number of aryl methyl sites for hydroxylation is 1. The molecule has 0 aliphatic carbocycles. The standard InChI is InChI=1S/C18H18F4N8O3S2/c1-29-7-14(25-8-29)35(32,33)30-3-2-11(10(19)6-30)26-17-24-5-9(18(20,21)22)15(27-17)13-4-12(16(23)31)28-34-13/h4-5,7-8,10-11H,2-3,6H2,1H3,(H2,23,31)(H,24,26,27)/t10-,11+/m1/s1. The monoisotopic (exact) mass is 534 g/mol. The summed E-state index contributed by atoms with van der Waals surface area (Å²) in [5.74, 6) is -1.21. The Labute approximate surface area is 200 Å². The Morgan fingerprint density at radius 1 is 1.31 bits per heavy atom. The van der Waals surface area contributed by atoms with E-state index in [9.17, 15) is 30.8 Å². The minimum Gasteiger partial charge on any atom is -0.364 e. The summed E-state index contributed by atoms with van der Waals surface area (Å²) < 4.78 is 87.0. The molecule has 0 saturated carbocycles. The van der Waals surface area contributed by atoms with Crippen molar-refractivity contribution in [3.63, 3.8) is 0 Å². The summed E-state index contributed by atoms with van der Waals surface area (Å²) >= 11 is 0.595. The van der Waals surface area contributed by atoms with Gasteiger partial charge in [0.2, 0.25) is 5.95 Å². The van der Waals surface area contributed by atoms with E-state index in [1.54, 1.807) is 7.05 Å². The number of nitrogens with one attached hydrogen (secondary N) is 1. The first kappa shape index (κ1) is 24.9. The highest BCUT2D eigenvalue weighted by molar-refractivity contribution is 7.89. The van der Waals surface area contributed by atoms with Gasteiger partial charge in [0.15, 0.2) is 5.03 Å². The largest absolute Gasteiger partial charge is 0.420 e. The molecule has 1 aliphatic heterocycles. The maximum atomic E-state index is 14.9. The molecule has 11 nitrogen and oxygen atoms in total. The number of amides is 1. The van der Waals surface area contributed by atoms with Crippen LogP contribution in [0.3, 0.4) is 0 Å². The van der Waals surface area contributed by atoms with Gasteiger partial charge in [-0.15, -0.1) is 0 Å². The number of rotatable bonds is 6. The molecule has 4 rings (SSSR count). The quantitative estimate of drug-likeness (QED) is 0.454. The van der Waals surface area contributed by atoms with Crippen LogP contribution in [0.1, 0.15) is 22.5 Å². The topological polar surface area (TPSA) is 149 Å². The van der Waals surface area contributed by atoms with Gasteiger partial charge in [0.1, 0.15) is 17.4 Å². The predicted octanol–water partition coefficient (Wildman–Crippen LogP) is 1.66. The molecule has 3 N–H and O–H groups in total. The van der Waals surface area contributed by atoms with Gasteiger partial charge in [0, 0.05) is 32.5 Å². The molecule has 0 unspecified atom stereocenters. The number of hydrogen-bond acceptors (Lipinski definition) is 9. The average Bonchev–Trinajstić information content (AvgIpc) is 3.44. The number of imidazole rings is 1. The van der Waals surface area contributed by atoms with Crippen LogP contribution >= 0.6 is 11.5 Å². The van der Waals surface area contributed by atoms with Crippen LogP contribution in [0, 0.1) is 0 Å². The van der Waals surface area contributed by atoms with E-state index in [-0.39, 0.29) is 34.5 Å². The van der Waals surface area contributed by atoms with Gasteiger partial charge in [-0.05, 0) is 24.0 Å². The lowest BCUT2D eigenvalue weighted by Crippen LogP contribution is -2.50. The molecule has 188 valence electrons. The van der Waals surface area contributed by atoms with E-state index >= 15 is 0 Å². The third-order valence-electron chi connectivity index (χ3n) is 5.19. The number of halogens is 4. The van der Waals surface area contributed by atoms with Crippen molar-refractivity contribution in [3.8, 4) is 10.6 Å². The van der Waals surface area contributed by atoms with Gasteiger partial charge in [-0.1, -0.05) is 0 Å². The van der Waals surface area contributed by atoms with Gasteiger partial charge < -0.3 is 15.6 Å². The molecular weight excluding hydrogens is 516 g/mol. The third kappa shape index (κ3) is 5.10. The number of primary amides is 1. The van der Waals surface area contributed by atoms with Crippen LogP contribution in [0.4, 0.5) is 23.5 Å². The molecule has 2 atom stereocenters. The summed E-state index contributed by atoms with van der Waals surface area (Å²) in [7, 11) is -2.41. The van der Waals surface area contributed by atoms with E-state index in [1.165, 1.54) is 17.1 Å².